The molecule has 138 valence electrons. The van der Waals surface area contributed by atoms with Crippen LogP contribution >= 0.6 is 0 Å². The van der Waals surface area contributed by atoms with Gasteiger partial charge in [-0.1, -0.05) is 0 Å². The van der Waals surface area contributed by atoms with Gasteiger partial charge >= 0.3 is 0 Å². The van der Waals surface area contributed by atoms with Crippen LogP contribution in [0.5, 0.6) is 11.5 Å². The van der Waals surface area contributed by atoms with Crippen molar-refractivity contribution in [2.75, 3.05) is 33.0 Å². The molecule has 2 aliphatic rings. The van der Waals surface area contributed by atoms with Crippen LogP contribution < -0.4 is 20.5 Å². The first-order chi connectivity index (χ1) is 13.1. The van der Waals surface area contributed by atoms with E-state index in [1.807, 2.05) is 17.0 Å². The number of nitrogens with one attached hydrogen (secondary N) is 1. The Morgan fingerprint density at radius 2 is 2.00 bits per heavy atom. The molecule has 3 N–H and O–H groups in total. The first kappa shape index (κ1) is 16.8. The molecule has 0 fully saturated rings. The molecular weight excluding hydrogens is 350 g/mol. The Hall–Kier alpha value is -3.69. The minimum absolute atomic E-state index is 0.0984. The molecule has 1 aromatic heterocycles. The van der Waals surface area contributed by atoms with Gasteiger partial charge in [0.05, 0.1) is 26.3 Å². The van der Waals surface area contributed by atoms with Crippen molar-refractivity contribution >= 4 is 29.3 Å². The summed E-state index contributed by atoms with van der Waals surface area (Å²) in [6.45, 7) is 1.21. The molecule has 10 nitrogen and oxygen atoms in total. The Balaban J connectivity index is 1.75. The third-order valence-electron chi connectivity index (χ3n) is 4.23. The summed E-state index contributed by atoms with van der Waals surface area (Å²) in [7, 11) is 3.10. The predicted octanol–water partition coefficient (Wildman–Crippen LogP) is 0.569. The number of carbonyl (C=O) groups is 1. The summed E-state index contributed by atoms with van der Waals surface area (Å²) in [5.74, 6) is 1.81. The molecule has 3 heterocycles. The Kier molecular flexibility index (Phi) is 4.07. The van der Waals surface area contributed by atoms with Gasteiger partial charge < -0.3 is 15.2 Å². The highest BCUT2D eigenvalue weighted by molar-refractivity contribution is 6.20. The van der Waals surface area contributed by atoms with Crippen LogP contribution in [0.2, 0.25) is 0 Å². The number of guanidine groups is 1. The van der Waals surface area contributed by atoms with Crippen LogP contribution in [0.3, 0.4) is 0 Å². The van der Waals surface area contributed by atoms with E-state index in [-0.39, 0.29) is 11.5 Å². The van der Waals surface area contributed by atoms with E-state index < -0.39 is 5.91 Å². The molecule has 1 amide bonds. The fourth-order valence-electron chi connectivity index (χ4n) is 2.98. The summed E-state index contributed by atoms with van der Waals surface area (Å²) >= 11 is 0. The summed E-state index contributed by atoms with van der Waals surface area (Å²) < 4.78 is 10.8. The zero-order valence-corrected chi connectivity index (χ0v) is 14.8. The number of nitrogens with zero attached hydrogens (tertiary/aromatic N) is 5. The number of aliphatic imine (C=N–C) groups is 2. The Labute approximate surface area is 154 Å². The third kappa shape index (κ3) is 2.80. The lowest BCUT2D eigenvalue weighted by atomic mass is 10.1. The molecule has 2 aromatic rings. The first-order valence-corrected chi connectivity index (χ1v) is 8.17. The normalized spacial score (nSPS) is 14.7. The summed E-state index contributed by atoms with van der Waals surface area (Å²) in [5.41, 5.74) is 7.11. The third-order valence-corrected chi connectivity index (χ3v) is 4.23. The Morgan fingerprint density at radius 3 is 2.70 bits per heavy atom. The van der Waals surface area contributed by atoms with Gasteiger partial charge in [0, 0.05) is 24.5 Å². The molecule has 0 saturated carbocycles. The van der Waals surface area contributed by atoms with Crippen LogP contribution in [0, 0.1) is 0 Å². The van der Waals surface area contributed by atoms with Gasteiger partial charge in [-0.15, -0.1) is 0 Å². The van der Waals surface area contributed by atoms with Crippen molar-refractivity contribution in [3.63, 3.8) is 0 Å². The Bertz CT molecular complexity index is 969. The van der Waals surface area contributed by atoms with E-state index in [9.17, 15) is 4.79 Å². The number of carbonyl (C=O) groups excluding carboxylic acids is 1. The van der Waals surface area contributed by atoms with E-state index in [1.54, 1.807) is 14.2 Å². The lowest BCUT2D eigenvalue weighted by Crippen LogP contribution is -2.47. The average molecular weight is 367 g/mol. The molecule has 2 aliphatic heterocycles. The van der Waals surface area contributed by atoms with E-state index in [0.29, 0.717) is 36.2 Å². The summed E-state index contributed by atoms with van der Waals surface area (Å²) in [5, 5.41) is 2.79. The van der Waals surface area contributed by atoms with Gasteiger partial charge in [-0.25, -0.2) is 15.0 Å². The monoisotopic (exact) mass is 367 g/mol. The van der Waals surface area contributed by atoms with Crippen molar-refractivity contribution < 1.29 is 14.3 Å². The van der Waals surface area contributed by atoms with E-state index in [2.05, 4.69) is 25.3 Å². The van der Waals surface area contributed by atoms with Crippen molar-refractivity contribution in [2.24, 2.45) is 9.98 Å². The van der Waals surface area contributed by atoms with Crippen LogP contribution in [0.1, 0.15) is 15.9 Å². The number of nitrogens with two attached hydrogens (primary N) is 1. The largest absolute Gasteiger partial charge is 0.493 e. The number of anilines is 1. The van der Waals surface area contributed by atoms with Crippen molar-refractivity contribution in [2.45, 2.75) is 0 Å². The fourth-order valence-corrected chi connectivity index (χ4v) is 2.98. The maximum Gasteiger partial charge on any atom is 0.261 e. The lowest BCUT2D eigenvalue weighted by Gasteiger charge is -2.28. The molecule has 1 aromatic carbocycles. The second kappa shape index (κ2) is 6.56. The molecule has 0 atom stereocenters. The summed E-state index contributed by atoms with van der Waals surface area (Å²) in [6.07, 6.45) is 2.72. The van der Waals surface area contributed by atoms with Gasteiger partial charge in [-0.05, 0) is 12.1 Å². The van der Waals surface area contributed by atoms with E-state index in [1.165, 1.54) is 12.4 Å². The molecular formula is C17H17N7O3. The number of fused-ring (bicyclic) bond motifs is 3. The highest BCUT2D eigenvalue weighted by atomic mass is 16.5. The van der Waals surface area contributed by atoms with Crippen LogP contribution in [-0.2, 0) is 0 Å². The lowest BCUT2D eigenvalue weighted by molar-refractivity contribution is 0.0973. The van der Waals surface area contributed by atoms with Gasteiger partial charge in [-0.2, -0.15) is 0 Å². The van der Waals surface area contributed by atoms with Crippen LogP contribution in [0.4, 0.5) is 11.6 Å². The number of amidine groups is 1. The van der Waals surface area contributed by atoms with Gasteiger partial charge in [0.25, 0.3) is 5.91 Å². The molecule has 0 bridgehead atoms. The minimum atomic E-state index is -0.398. The SMILES string of the molecule is COc1ccc2c(c1OC)N=C(NC(=O)c1cnc(N)nc1)N1CCN=C21. The van der Waals surface area contributed by atoms with Crippen LogP contribution in [-0.4, -0.2) is 59.9 Å². The van der Waals surface area contributed by atoms with Crippen molar-refractivity contribution in [3.05, 3.63) is 35.7 Å². The van der Waals surface area contributed by atoms with Crippen molar-refractivity contribution in [3.8, 4) is 11.5 Å². The van der Waals surface area contributed by atoms with E-state index in [4.69, 9.17) is 15.2 Å². The quantitative estimate of drug-likeness (QED) is 0.812. The van der Waals surface area contributed by atoms with Gasteiger partial charge in [0.15, 0.2) is 11.5 Å². The number of aromatic nitrogens is 2. The van der Waals surface area contributed by atoms with Crippen LogP contribution in [0.15, 0.2) is 34.5 Å². The van der Waals surface area contributed by atoms with E-state index >= 15 is 0 Å². The van der Waals surface area contributed by atoms with Gasteiger partial charge in [-0.3, -0.25) is 20.0 Å². The summed E-state index contributed by atoms with van der Waals surface area (Å²) in [4.78, 5) is 31.2. The smallest absolute Gasteiger partial charge is 0.261 e. The van der Waals surface area contributed by atoms with E-state index in [0.717, 1.165) is 11.4 Å². The number of hydrogen-bond donors (Lipinski definition) is 2. The highest BCUT2D eigenvalue weighted by Crippen LogP contribution is 2.42. The molecule has 10 heteroatoms. The molecule has 4 rings (SSSR count). The topological polar surface area (TPSA) is 127 Å². The second-order valence-electron chi connectivity index (χ2n) is 5.77. The zero-order valence-electron chi connectivity index (χ0n) is 14.8. The van der Waals surface area contributed by atoms with Gasteiger partial charge in [0.2, 0.25) is 11.9 Å². The number of rotatable bonds is 3. The minimum Gasteiger partial charge on any atom is -0.493 e. The number of nitrogen functional groups attached to an aromatic ring is 1. The molecule has 0 unspecified atom stereocenters. The maximum atomic E-state index is 12.6. The van der Waals surface area contributed by atoms with Crippen molar-refractivity contribution in [1.82, 2.24) is 20.2 Å². The molecule has 0 aliphatic carbocycles. The standard InChI is InChI=1S/C17H17N7O3/c1-26-11-4-3-10-12(13(11)27-2)22-17(24-6-5-19-14(10)24)23-15(25)9-7-20-16(18)21-8-9/h3-4,7-8H,5-6H2,1-2H3,(H2,18,20,21)(H,22,23,25). The maximum absolute atomic E-state index is 12.6. The predicted molar refractivity (Wildman–Crippen MR) is 98.7 cm³/mol. The molecule has 27 heavy (non-hydrogen) atoms. The van der Waals surface area contributed by atoms with Gasteiger partial charge in [0.1, 0.15) is 11.5 Å². The number of methoxy groups -OCH3 is 2. The summed E-state index contributed by atoms with van der Waals surface area (Å²) in [6, 6.07) is 3.69. The van der Waals surface area contributed by atoms with Crippen molar-refractivity contribution in [1.29, 1.82) is 0 Å². The number of amides is 1. The fraction of sp³-hybridized carbons (Fsp3) is 0.235. The second-order valence-corrected chi connectivity index (χ2v) is 5.77. The Morgan fingerprint density at radius 1 is 1.22 bits per heavy atom. The van der Waals surface area contributed by atoms with Crippen LogP contribution in [0.25, 0.3) is 0 Å². The average Bonchev–Trinajstić information content (AvgIpc) is 3.18. The zero-order chi connectivity index (χ0) is 19.0. The number of hydrogen-bond acceptors (Lipinski definition) is 9. The highest BCUT2D eigenvalue weighted by Gasteiger charge is 2.33. The molecule has 0 radical (unpaired) electrons. The first-order valence-electron chi connectivity index (χ1n) is 8.17. The number of ether oxygens (including phenoxy) is 2. The molecule has 0 saturated heterocycles. The number of benzene rings is 1. The molecule has 0 spiro atoms.